The van der Waals surface area contributed by atoms with E-state index in [1.165, 1.54) is 0 Å². The molecule has 1 unspecified atom stereocenters. The Balaban J connectivity index is 2.24. The Hall–Kier alpha value is 0.230. The summed E-state index contributed by atoms with van der Waals surface area (Å²) in [6.07, 6.45) is 0. The van der Waals surface area contributed by atoms with Crippen LogP contribution in [0.5, 0.6) is 0 Å². The fourth-order valence-electron chi connectivity index (χ4n) is 1.38. The van der Waals surface area contributed by atoms with Gasteiger partial charge in [0.25, 0.3) is 0 Å². The van der Waals surface area contributed by atoms with Gasteiger partial charge in [-0.15, -0.1) is 0 Å². The SMILES string of the molecule is [O-][N+]1(P)CCNCCNCCNCC1. The maximum absolute atomic E-state index is 11.8. The van der Waals surface area contributed by atoms with Crippen molar-refractivity contribution < 1.29 is 4.42 Å². The van der Waals surface area contributed by atoms with E-state index in [1.54, 1.807) is 0 Å². The van der Waals surface area contributed by atoms with Crippen LogP contribution in [0, 0.1) is 5.21 Å². The number of quaternary nitrogens is 1. The fraction of sp³-hybridized carbons (Fsp3) is 1.00. The number of rotatable bonds is 0. The van der Waals surface area contributed by atoms with E-state index < -0.39 is 0 Å². The molecule has 1 atom stereocenters. The van der Waals surface area contributed by atoms with Gasteiger partial charge in [-0.3, -0.25) is 0 Å². The van der Waals surface area contributed by atoms with Crippen molar-refractivity contribution in [2.24, 2.45) is 0 Å². The lowest BCUT2D eigenvalue weighted by atomic mass is 10.4. The summed E-state index contributed by atoms with van der Waals surface area (Å²) < 4.78 is -0.229. The van der Waals surface area contributed by atoms with Crippen LogP contribution >= 0.6 is 9.39 Å². The van der Waals surface area contributed by atoms with Gasteiger partial charge in [0, 0.05) is 39.3 Å². The number of hydrogen-bond acceptors (Lipinski definition) is 4. The van der Waals surface area contributed by atoms with Gasteiger partial charge in [-0.2, -0.15) is 0 Å². The highest BCUT2D eigenvalue weighted by Gasteiger charge is 2.09. The number of hydroxylamine groups is 2. The molecule has 1 aliphatic heterocycles. The monoisotopic (exact) mass is 220 g/mol. The van der Waals surface area contributed by atoms with Gasteiger partial charge in [0.2, 0.25) is 0 Å². The summed E-state index contributed by atoms with van der Waals surface area (Å²) in [5, 5.41) is 21.6. The molecule has 84 valence electrons. The molecule has 0 aromatic carbocycles. The molecule has 3 N–H and O–H groups in total. The Labute approximate surface area is 88.0 Å². The molecule has 0 radical (unpaired) electrons. The van der Waals surface area contributed by atoms with Gasteiger partial charge in [-0.25, -0.2) is 0 Å². The van der Waals surface area contributed by atoms with E-state index >= 15 is 0 Å². The molecule has 1 rings (SSSR count). The highest BCUT2D eigenvalue weighted by Crippen LogP contribution is 2.10. The van der Waals surface area contributed by atoms with E-state index in [9.17, 15) is 5.21 Å². The third-order valence-corrected chi connectivity index (χ3v) is 2.81. The minimum Gasteiger partial charge on any atom is -0.632 e. The van der Waals surface area contributed by atoms with Crippen molar-refractivity contribution in [2.45, 2.75) is 0 Å². The van der Waals surface area contributed by atoms with Crippen molar-refractivity contribution in [3.63, 3.8) is 0 Å². The first-order valence-electron chi connectivity index (χ1n) is 5.19. The summed E-state index contributed by atoms with van der Waals surface area (Å²) >= 11 is 0. The van der Waals surface area contributed by atoms with Gasteiger partial charge < -0.3 is 25.6 Å². The van der Waals surface area contributed by atoms with Crippen molar-refractivity contribution in [3.05, 3.63) is 5.21 Å². The normalized spacial score (nSPS) is 26.1. The van der Waals surface area contributed by atoms with Gasteiger partial charge in [-0.05, 0) is 0 Å². The summed E-state index contributed by atoms with van der Waals surface area (Å²) in [6, 6.07) is 0. The topological polar surface area (TPSA) is 59.1 Å². The highest BCUT2D eigenvalue weighted by molar-refractivity contribution is 7.09. The minimum absolute atomic E-state index is 0.229. The van der Waals surface area contributed by atoms with Gasteiger partial charge in [0.1, 0.15) is 0 Å². The van der Waals surface area contributed by atoms with E-state index in [2.05, 4.69) is 25.3 Å². The number of hydrogen-bond donors (Lipinski definition) is 3. The molecule has 1 heterocycles. The quantitative estimate of drug-likeness (QED) is 0.357. The standard InChI is InChI=1S/C8H21N4OP/c13-12(14)7-5-10-3-1-9-2-4-11-6-8-12/h9-11H,1-8,14H2. The van der Waals surface area contributed by atoms with Crippen molar-refractivity contribution in [3.8, 4) is 0 Å². The van der Waals surface area contributed by atoms with Crippen LogP contribution in [0.2, 0.25) is 0 Å². The molecule has 0 bridgehead atoms. The Morgan fingerprint density at radius 3 is 1.57 bits per heavy atom. The second-order valence-corrected chi connectivity index (χ2v) is 4.59. The number of nitrogens with one attached hydrogen (secondary N) is 3. The van der Waals surface area contributed by atoms with Crippen LogP contribution < -0.4 is 16.0 Å². The minimum atomic E-state index is -0.229. The van der Waals surface area contributed by atoms with Crippen molar-refractivity contribution in [1.29, 1.82) is 0 Å². The molecule has 0 aromatic rings. The lowest BCUT2D eigenvalue weighted by molar-refractivity contribution is -0.743. The molecule has 0 amide bonds. The summed E-state index contributed by atoms with van der Waals surface area (Å²) in [4.78, 5) is 0. The van der Waals surface area contributed by atoms with E-state index in [1.807, 2.05) is 0 Å². The van der Waals surface area contributed by atoms with Crippen molar-refractivity contribution in [1.82, 2.24) is 16.0 Å². The summed E-state index contributed by atoms with van der Waals surface area (Å²) in [6.45, 7) is 6.62. The van der Waals surface area contributed by atoms with Crippen LogP contribution in [0.4, 0.5) is 0 Å². The Morgan fingerprint density at radius 2 is 1.14 bits per heavy atom. The van der Waals surface area contributed by atoms with Gasteiger partial charge >= 0.3 is 0 Å². The zero-order valence-corrected chi connectivity index (χ0v) is 9.74. The van der Waals surface area contributed by atoms with E-state index in [0.29, 0.717) is 13.1 Å². The second-order valence-electron chi connectivity index (χ2n) is 3.65. The average molecular weight is 220 g/mol. The Bertz CT molecular complexity index is 142. The zero-order valence-electron chi connectivity index (χ0n) is 8.59. The first-order chi connectivity index (χ1) is 6.71. The largest absolute Gasteiger partial charge is 0.632 e. The van der Waals surface area contributed by atoms with Crippen LogP contribution in [0.15, 0.2) is 0 Å². The average Bonchev–Trinajstić information content (AvgIpc) is 2.11. The predicted octanol–water partition coefficient (Wildman–Crippen LogP) is -1.13. The molecule has 0 spiro atoms. The van der Waals surface area contributed by atoms with Crippen LogP contribution in [0.3, 0.4) is 0 Å². The van der Waals surface area contributed by atoms with Crippen LogP contribution in [-0.4, -0.2) is 56.8 Å². The van der Waals surface area contributed by atoms with Gasteiger partial charge in [0.15, 0.2) is 0 Å². The fourth-order valence-corrected chi connectivity index (χ4v) is 1.64. The molecular formula is C8H21N4OP. The first-order valence-corrected chi connectivity index (χ1v) is 5.71. The van der Waals surface area contributed by atoms with Crippen LogP contribution in [-0.2, 0) is 0 Å². The van der Waals surface area contributed by atoms with Crippen molar-refractivity contribution in [2.75, 3.05) is 52.4 Å². The maximum Gasteiger partial charge on any atom is 0.0917 e. The molecule has 1 saturated heterocycles. The molecule has 1 aliphatic rings. The molecule has 14 heavy (non-hydrogen) atoms. The summed E-state index contributed by atoms with van der Waals surface area (Å²) in [5.41, 5.74) is 0. The maximum atomic E-state index is 11.8. The Kier molecular flexibility index (Phi) is 5.86. The molecule has 6 heteroatoms. The van der Waals surface area contributed by atoms with E-state index in [-0.39, 0.29) is 4.42 Å². The van der Waals surface area contributed by atoms with Gasteiger partial charge in [-0.1, -0.05) is 0 Å². The Morgan fingerprint density at radius 1 is 0.786 bits per heavy atom. The smallest absolute Gasteiger partial charge is 0.0917 e. The lowest BCUT2D eigenvalue weighted by Gasteiger charge is -2.38. The zero-order chi connectivity index (χ0) is 10.3. The summed E-state index contributed by atoms with van der Waals surface area (Å²) in [5.74, 6) is 0. The first kappa shape index (κ1) is 12.3. The molecule has 5 nitrogen and oxygen atoms in total. The molecule has 0 aliphatic carbocycles. The van der Waals surface area contributed by atoms with Crippen LogP contribution in [0.25, 0.3) is 0 Å². The van der Waals surface area contributed by atoms with E-state index in [0.717, 1.165) is 39.3 Å². The summed E-state index contributed by atoms with van der Waals surface area (Å²) in [7, 11) is 2.38. The molecule has 0 aromatic heterocycles. The molecular weight excluding hydrogens is 199 g/mol. The second kappa shape index (κ2) is 6.67. The lowest BCUT2D eigenvalue weighted by Crippen LogP contribution is -2.45. The van der Waals surface area contributed by atoms with Gasteiger partial charge in [0.05, 0.1) is 22.5 Å². The molecule has 0 saturated carbocycles. The van der Waals surface area contributed by atoms with Crippen LogP contribution in [0.1, 0.15) is 0 Å². The highest BCUT2D eigenvalue weighted by atomic mass is 31.0. The third kappa shape index (κ3) is 5.86. The molecule has 1 fully saturated rings. The predicted molar refractivity (Wildman–Crippen MR) is 61.7 cm³/mol. The van der Waals surface area contributed by atoms with Crippen molar-refractivity contribution >= 4 is 9.39 Å². The van der Waals surface area contributed by atoms with E-state index in [4.69, 9.17) is 0 Å². The number of nitrogens with zero attached hydrogens (tertiary/aromatic N) is 1. The third-order valence-electron chi connectivity index (χ3n) is 2.29.